The molecule has 2 amide bonds. The highest BCUT2D eigenvalue weighted by atomic mass is 32.1. The second-order valence-electron chi connectivity index (χ2n) is 5.90. The van der Waals surface area contributed by atoms with E-state index in [2.05, 4.69) is 15.5 Å². The quantitative estimate of drug-likeness (QED) is 0.930. The average Bonchev–Trinajstić information content (AvgIpc) is 3.18. The van der Waals surface area contributed by atoms with Crippen LogP contribution in [-0.4, -0.2) is 27.6 Å². The first kappa shape index (κ1) is 15.0. The van der Waals surface area contributed by atoms with Crippen LogP contribution in [0.5, 0.6) is 0 Å². The number of thiophene rings is 1. The molecule has 0 aliphatic carbocycles. The summed E-state index contributed by atoms with van der Waals surface area (Å²) in [4.78, 5) is 18.8. The van der Waals surface area contributed by atoms with Crippen molar-refractivity contribution in [2.24, 2.45) is 0 Å². The standard InChI is InChI=1S/C15H20N4O2S/c1-9(2)14-17-13(18-21-14)12-5-4-6-19(12)15(20)16-11-8-22-7-10(11)3/h7-9,12H,4-6H2,1-3H3,(H,16,20). The molecule has 1 unspecified atom stereocenters. The van der Waals surface area contributed by atoms with Crippen LogP contribution >= 0.6 is 11.3 Å². The summed E-state index contributed by atoms with van der Waals surface area (Å²) in [6.45, 7) is 6.72. The summed E-state index contributed by atoms with van der Waals surface area (Å²) in [5.41, 5.74) is 1.95. The van der Waals surface area contributed by atoms with Crippen molar-refractivity contribution in [2.75, 3.05) is 11.9 Å². The Balaban J connectivity index is 1.74. The molecule has 3 heterocycles. The fourth-order valence-electron chi connectivity index (χ4n) is 2.57. The molecular formula is C15H20N4O2S. The van der Waals surface area contributed by atoms with Gasteiger partial charge in [0, 0.05) is 17.8 Å². The number of anilines is 1. The van der Waals surface area contributed by atoms with Crippen molar-refractivity contribution in [3.63, 3.8) is 0 Å². The van der Waals surface area contributed by atoms with Crippen LogP contribution in [0, 0.1) is 6.92 Å². The molecule has 6 nitrogen and oxygen atoms in total. The van der Waals surface area contributed by atoms with E-state index < -0.39 is 0 Å². The van der Waals surface area contributed by atoms with E-state index in [4.69, 9.17) is 4.52 Å². The average molecular weight is 320 g/mol. The number of hydrogen-bond acceptors (Lipinski definition) is 5. The molecule has 118 valence electrons. The smallest absolute Gasteiger partial charge is 0.322 e. The van der Waals surface area contributed by atoms with E-state index in [-0.39, 0.29) is 18.0 Å². The lowest BCUT2D eigenvalue weighted by Gasteiger charge is -2.22. The number of carbonyl (C=O) groups is 1. The first-order chi connectivity index (χ1) is 10.6. The van der Waals surface area contributed by atoms with Crippen LogP contribution in [-0.2, 0) is 0 Å². The Morgan fingerprint density at radius 3 is 2.95 bits per heavy atom. The fraction of sp³-hybridized carbons (Fsp3) is 0.533. The normalized spacial score (nSPS) is 18.2. The molecule has 2 aromatic heterocycles. The Morgan fingerprint density at radius 1 is 1.50 bits per heavy atom. The van der Waals surface area contributed by atoms with E-state index in [9.17, 15) is 4.79 Å². The topological polar surface area (TPSA) is 71.3 Å². The lowest BCUT2D eigenvalue weighted by Crippen LogP contribution is -2.34. The van der Waals surface area contributed by atoms with Gasteiger partial charge >= 0.3 is 6.03 Å². The number of nitrogens with one attached hydrogen (secondary N) is 1. The molecule has 22 heavy (non-hydrogen) atoms. The second-order valence-corrected chi connectivity index (χ2v) is 6.64. The number of carbonyl (C=O) groups excluding carboxylic acids is 1. The van der Waals surface area contributed by atoms with Crippen LogP contribution in [0.1, 0.15) is 55.9 Å². The molecule has 1 fully saturated rings. The van der Waals surface area contributed by atoms with Crippen LogP contribution in [0.25, 0.3) is 0 Å². The number of amides is 2. The zero-order valence-electron chi connectivity index (χ0n) is 13.0. The third-order valence-electron chi connectivity index (χ3n) is 3.86. The first-order valence-corrected chi connectivity index (χ1v) is 8.44. The number of nitrogens with zero attached hydrogens (tertiary/aromatic N) is 3. The van der Waals surface area contributed by atoms with E-state index in [1.807, 2.05) is 31.5 Å². The molecule has 0 saturated carbocycles. The summed E-state index contributed by atoms with van der Waals surface area (Å²) >= 11 is 1.58. The van der Waals surface area contributed by atoms with Crippen LogP contribution < -0.4 is 5.32 Å². The van der Waals surface area contributed by atoms with Gasteiger partial charge in [-0.25, -0.2) is 4.79 Å². The van der Waals surface area contributed by atoms with Gasteiger partial charge in [0.15, 0.2) is 5.82 Å². The van der Waals surface area contributed by atoms with Crippen molar-refractivity contribution in [1.29, 1.82) is 0 Å². The van der Waals surface area contributed by atoms with Gasteiger partial charge in [-0.3, -0.25) is 0 Å². The van der Waals surface area contributed by atoms with Crippen molar-refractivity contribution < 1.29 is 9.32 Å². The SMILES string of the molecule is Cc1cscc1NC(=O)N1CCCC1c1noc(C(C)C)n1. The molecule has 1 aliphatic heterocycles. The minimum Gasteiger partial charge on any atom is -0.339 e. The Morgan fingerprint density at radius 2 is 2.32 bits per heavy atom. The van der Waals surface area contributed by atoms with E-state index in [0.29, 0.717) is 18.3 Å². The van der Waals surface area contributed by atoms with Gasteiger partial charge in [-0.2, -0.15) is 4.98 Å². The fourth-order valence-corrected chi connectivity index (χ4v) is 3.35. The Hall–Kier alpha value is -1.89. The van der Waals surface area contributed by atoms with Gasteiger partial charge in [-0.15, -0.1) is 11.3 Å². The lowest BCUT2D eigenvalue weighted by molar-refractivity contribution is 0.203. The second kappa shape index (κ2) is 6.08. The van der Waals surface area contributed by atoms with E-state index >= 15 is 0 Å². The summed E-state index contributed by atoms with van der Waals surface area (Å²) < 4.78 is 5.27. The number of likely N-dealkylation sites (tertiary alicyclic amines) is 1. The van der Waals surface area contributed by atoms with Gasteiger partial charge in [0.1, 0.15) is 0 Å². The Labute approximate surface area is 133 Å². The van der Waals surface area contributed by atoms with Crippen LogP contribution in [0.15, 0.2) is 15.3 Å². The first-order valence-electron chi connectivity index (χ1n) is 7.50. The van der Waals surface area contributed by atoms with E-state index in [0.717, 1.165) is 24.1 Å². The largest absolute Gasteiger partial charge is 0.339 e. The molecule has 0 radical (unpaired) electrons. The van der Waals surface area contributed by atoms with Gasteiger partial charge in [0.05, 0.1) is 11.7 Å². The van der Waals surface area contributed by atoms with E-state index in [1.54, 1.807) is 16.2 Å². The number of aromatic nitrogens is 2. The molecule has 1 atom stereocenters. The maximum atomic E-state index is 12.5. The van der Waals surface area contributed by atoms with Gasteiger partial charge < -0.3 is 14.7 Å². The molecule has 0 bridgehead atoms. The van der Waals surface area contributed by atoms with Crippen molar-refractivity contribution in [2.45, 2.75) is 45.6 Å². The van der Waals surface area contributed by atoms with Gasteiger partial charge in [-0.05, 0) is 30.7 Å². The van der Waals surface area contributed by atoms with Gasteiger partial charge in [0.2, 0.25) is 5.89 Å². The van der Waals surface area contributed by atoms with Crippen LogP contribution in [0.2, 0.25) is 0 Å². The van der Waals surface area contributed by atoms with Crippen molar-refractivity contribution in [3.8, 4) is 0 Å². The summed E-state index contributed by atoms with van der Waals surface area (Å²) in [6, 6.07) is -0.199. The molecule has 2 aromatic rings. The maximum absolute atomic E-state index is 12.5. The zero-order chi connectivity index (χ0) is 15.7. The van der Waals surface area contributed by atoms with Gasteiger partial charge in [0.25, 0.3) is 0 Å². The predicted octanol–water partition coefficient (Wildman–Crippen LogP) is 3.93. The molecule has 0 spiro atoms. The minimum absolute atomic E-state index is 0.0973. The highest BCUT2D eigenvalue weighted by Crippen LogP contribution is 2.32. The van der Waals surface area contributed by atoms with Gasteiger partial charge in [-0.1, -0.05) is 19.0 Å². The highest BCUT2D eigenvalue weighted by molar-refractivity contribution is 7.08. The monoisotopic (exact) mass is 320 g/mol. The maximum Gasteiger partial charge on any atom is 0.322 e. The number of rotatable bonds is 3. The molecule has 3 rings (SSSR count). The zero-order valence-corrected chi connectivity index (χ0v) is 13.8. The number of aryl methyl sites for hydroxylation is 1. The Bertz CT molecular complexity index is 664. The molecule has 0 aromatic carbocycles. The van der Waals surface area contributed by atoms with E-state index in [1.165, 1.54) is 0 Å². The summed E-state index contributed by atoms with van der Waals surface area (Å²) in [5.74, 6) is 1.42. The number of urea groups is 1. The molecule has 1 aliphatic rings. The van der Waals surface area contributed by atoms with Crippen molar-refractivity contribution in [1.82, 2.24) is 15.0 Å². The lowest BCUT2D eigenvalue weighted by atomic mass is 10.2. The molecule has 1 saturated heterocycles. The molecule has 7 heteroatoms. The predicted molar refractivity (Wildman–Crippen MR) is 85.1 cm³/mol. The summed E-state index contributed by atoms with van der Waals surface area (Å²) in [5, 5.41) is 11.0. The number of hydrogen-bond donors (Lipinski definition) is 1. The summed E-state index contributed by atoms with van der Waals surface area (Å²) in [6.07, 6.45) is 1.82. The third kappa shape index (κ3) is 2.85. The van der Waals surface area contributed by atoms with Crippen LogP contribution in [0.3, 0.4) is 0 Å². The summed E-state index contributed by atoms with van der Waals surface area (Å²) in [7, 11) is 0. The van der Waals surface area contributed by atoms with Crippen LogP contribution in [0.4, 0.5) is 10.5 Å². The molecule has 1 N–H and O–H groups in total. The van der Waals surface area contributed by atoms with Crippen molar-refractivity contribution in [3.05, 3.63) is 28.0 Å². The Kier molecular flexibility index (Phi) is 4.15. The van der Waals surface area contributed by atoms with Crippen molar-refractivity contribution >= 4 is 23.1 Å². The minimum atomic E-state index is -0.102. The molecular weight excluding hydrogens is 300 g/mol. The third-order valence-corrected chi connectivity index (χ3v) is 4.72. The highest BCUT2D eigenvalue weighted by Gasteiger charge is 2.33.